The van der Waals surface area contributed by atoms with E-state index in [1.807, 2.05) is 0 Å². The summed E-state index contributed by atoms with van der Waals surface area (Å²) < 4.78 is 4.63. The lowest BCUT2D eigenvalue weighted by Crippen LogP contribution is -2.13. The van der Waals surface area contributed by atoms with Crippen molar-refractivity contribution >= 4 is 29.0 Å². The predicted octanol–water partition coefficient (Wildman–Crippen LogP) is 2.31. The van der Waals surface area contributed by atoms with E-state index in [9.17, 15) is 19.7 Å². The van der Waals surface area contributed by atoms with Crippen LogP contribution in [0.4, 0.5) is 5.69 Å². The summed E-state index contributed by atoms with van der Waals surface area (Å²) in [7, 11) is 0. The minimum atomic E-state index is -0.635. The summed E-state index contributed by atoms with van der Waals surface area (Å²) in [6.07, 6.45) is -0.597. The molecule has 0 aliphatic heterocycles. The van der Waals surface area contributed by atoms with Gasteiger partial charge in [-0.25, -0.2) is 0 Å². The van der Waals surface area contributed by atoms with Gasteiger partial charge in [0.2, 0.25) is 0 Å². The molecule has 7 heteroatoms. The first-order chi connectivity index (χ1) is 8.93. The molecule has 1 aromatic carbocycles. The zero-order chi connectivity index (χ0) is 14.4. The molecule has 0 atom stereocenters. The molecule has 6 nitrogen and oxygen atoms in total. The number of benzene rings is 1. The van der Waals surface area contributed by atoms with Gasteiger partial charge >= 0.3 is 5.97 Å². The first-order valence-corrected chi connectivity index (χ1v) is 5.92. The van der Waals surface area contributed by atoms with E-state index in [0.29, 0.717) is 0 Å². The minimum absolute atomic E-state index is 0.188. The van der Waals surface area contributed by atoms with Gasteiger partial charge in [0.15, 0.2) is 0 Å². The second kappa shape index (κ2) is 6.84. The maximum atomic E-state index is 11.6. The second-order valence-electron chi connectivity index (χ2n) is 3.73. The van der Waals surface area contributed by atoms with Crippen LogP contribution in [0.2, 0.25) is 5.02 Å². The third-order valence-corrected chi connectivity index (χ3v) is 2.51. The summed E-state index contributed by atoms with van der Waals surface area (Å²) in [6.45, 7) is 1.82. The highest BCUT2D eigenvalue weighted by Gasteiger charge is 2.18. The number of nitro benzene ring substituents is 1. The molecule has 0 saturated carbocycles. The molecule has 0 bridgehead atoms. The van der Waals surface area contributed by atoms with E-state index in [0.717, 1.165) is 0 Å². The lowest BCUT2D eigenvalue weighted by atomic mass is 10.1. The summed E-state index contributed by atoms with van der Waals surface area (Å²) in [4.78, 5) is 32.9. The van der Waals surface area contributed by atoms with Gasteiger partial charge < -0.3 is 4.74 Å². The average Bonchev–Trinajstić information content (AvgIpc) is 2.31. The number of hydrogen-bond acceptors (Lipinski definition) is 5. The molecule has 0 unspecified atom stereocenters. The van der Waals surface area contributed by atoms with Crippen molar-refractivity contribution in [3.8, 4) is 0 Å². The van der Waals surface area contributed by atoms with Crippen LogP contribution in [0.5, 0.6) is 0 Å². The third kappa shape index (κ3) is 4.67. The molecule has 1 rings (SSSR count). The molecule has 0 heterocycles. The maximum absolute atomic E-state index is 11.6. The number of esters is 1. The standard InChI is InChI=1S/C12H12ClNO5/c1-2-19-12(16)7-10(15)5-8-3-4-9(13)6-11(8)14(17)18/h3-4,6H,2,5,7H2,1H3. The molecule has 0 amide bonds. The Morgan fingerprint density at radius 3 is 2.68 bits per heavy atom. The number of carbonyl (C=O) groups is 2. The quantitative estimate of drug-likeness (QED) is 0.346. The predicted molar refractivity (Wildman–Crippen MR) is 68.1 cm³/mol. The summed E-state index contributed by atoms with van der Waals surface area (Å²) >= 11 is 5.66. The van der Waals surface area contributed by atoms with Crippen molar-refractivity contribution in [3.05, 3.63) is 38.9 Å². The van der Waals surface area contributed by atoms with Gasteiger partial charge in [0.1, 0.15) is 12.2 Å². The zero-order valence-corrected chi connectivity index (χ0v) is 11.0. The van der Waals surface area contributed by atoms with Gasteiger partial charge in [-0.3, -0.25) is 19.7 Å². The van der Waals surface area contributed by atoms with Crippen molar-refractivity contribution in [1.82, 2.24) is 0 Å². The molecule has 1 aromatic rings. The molecule has 0 aliphatic carbocycles. The van der Waals surface area contributed by atoms with Crippen LogP contribution >= 0.6 is 11.6 Å². The lowest BCUT2D eigenvalue weighted by molar-refractivity contribution is -0.385. The summed E-state index contributed by atoms with van der Waals surface area (Å²) in [6, 6.07) is 4.04. The van der Waals surface area contributed by atoms with E-state index in [4.69, 9.17) is 11.6 Å². The van der Waals surface area contributed by atoms with Crippen LogP contribution in [0, 0.1) is 10.1 Å². The van der Waals surface area contributed by atoms with Gasteiger partial charge in [-0.2, -0.15) is 0 Å². The van der Waals surface area contributed by atoms with Crippen molar-refractivity contribution in [1.29, 1.82) is 0 Å². The molecule has 19 heavy (non-hydrogen) atoms. The van der Waals surface area contributed by atoms with Crippen molar-refractivity contribution < 1.29 is 19.2 Å². The summed E-state index contributed by atoms with van der Waals surface area (Å²) in [5, 5.41) is 11.0. The van der Waals surface area contributed by atoms with Crippen LogP contribution in [-0.2, 0) is 20.7 Å². The molecule has 0 aromatic heterocycles. The largest absolute Gasteiger partial charge is 0.466 e. The highest BCUT2D eigenvalue weighted by Crippen LogP contribution is 2.24. The SMILES string of the molecule is CCOC(=O)CC(=O)Cc1ccc(Cl)cc1[N+](=O)[O-]. The van der Waals surface area contributed by atoms with Crippen molar-refractivity contribution in [2.45, 2.75) is 19.8 Å². The number of hydrogen-bond donors (Lipinski definition) is 0. The van der Waals surface area contributed by atoms with Crippen LogP contribution in [-0.4, -0.2) is 23.3 Å². The Morgan fingerprint density at radius 2 is 2.11 bits per heavy atom. The van der Waals surface area contributed by atoms with Crippen molar-refractivity contribution in [2.75, 3.05) is 6.61 Å². The molecule has 0 N–H and O–H groups in total. The van der Waals surface area contributed by atoms with E-state index < -0.39 is 23.1 Å². The molecular formula is C12H12ClNO5. The molecule has 0 fully saturated rings. The van der Waals surface area contributed by atoms with E-state index in [1.54, 1.807) is 6.92 Å². The fraction of sp³-hybridized carbons (Fsp3) is 0.333. The third-order valence-electron chi connectivity index (χ3n) is 2.28. The van der Waals surface area contributed by atoms with E-state index in [-0.39, 0.29) is 29.3 Å². The molecule has 0 radical (unpaired) electrons. The summed E-state index contributed by atoms with van der Waals surface area (Å²) in [5.74, 6) is -1.08. The van der Waals surface area contributed by atoms with E-state index in [2.05, 4.69) is 4.74 Å². The minimum Gasteiger partial charge on any atom is -0.466 e. The van der Waals surface area contributed by atoms with Crippen LogP contribution in [0.1, 0.15) is 18.9 Å². The van der Waals surface area contributed by atoms with Crippen LogP contribution < -0.4 is 0 Å². The fourth-order valence-electron chi connectivity index (χ4n) is 1.50. The van der Waals surface area contributed by atoms with Gasteiger partial charge in [-0.15, -0.1) is 0 Å². The monoisotopic (exact) mass is 285 g/mol. The molecule has 102 valence electrons. The van der Waals surface area contributed by atoms with Crippen molar-refractivity contribution in [3.63, 3.8) is 0 Å². The summed E-state index contributed by atoms with van der Waals surface area (Å²) in [5.41, 5.74) is -0.00610. The van der Waals surface area contributed by atoms with E-state index >= 15 is 0 Å². The number of nitrogens with zero attached hydrogens (tertiary/aromatic N) is 1. The Balaban J connectivity index is 2.79. The smallest absolute Gasteiger partial charge is 0.313 e. The first kappa shape index (κ1) is 15.1. The van der Waals surface area contributed by atoms with Gasteiger partial charge in [-0.1, -0.05) is 17.7 Å². The molecular weight excluding hydrogens is 274 g/mol. The van der Waals surface area contributed by atoms with Crippen LogP contribution in [0.3, 0.4) is 0 Å². The number of ether oxygens (including phenoxy) is 1. The molecule has 0 aliphatic rings. The highest BCUT2D eigenvalue weighted by molar-refractivity contribution is 6.30. The maximum Gasteiger partial charge on any atom is 0.313 e. The number of Topliss-reactive ketones (excluding diaryl/α,β-unsaturated/α-hetero) is 1. The van der Waals surface area contributed by atoms with E-state index in [1.165, 1.54) is 18.2 Å². The Bertz CT molecular complexity index is 515. The van der Waals surface area contributed by atoms with Crippen LogP contribution in [0.15, 0.2) is 18.2 Å². The Labute approximate surface area is 114 Å². The highest BCUT2D eigenvalue weighted by atomic mass is 35.5. The number of ketones is 1. The number of rotatable bonds is 6. The van der Waals surface area contributed by atoms with Gasteiger partial charge in [0.25, 0.3) is 5.69 Å². The molecule has 0 saturated heterocycles. The molecule has 0 spiro atoms. The number of carbonyl (C=O) groups excluding carboxylic acids is 2. The Kier molecular flexibility index (Phi) is 5.44. The Morgan fingerprint density at radius 1 is 1.42 bits per heavy atom. The van der Waals surface area contributed by atoms with Crippen molar-refractivity contribution in [2.24, 2.45) is 0 Å². The number of nitro groups is 1. The second-order valence-corrected chi connectivity index (χ2v) is 4.16. The Hall–Kier alpha value is -1.95. The first-order valence-electron chi connectivity index (χ1n) is 5.54. The van der Waals surface area contributed by atoms with Gasteiger partial charge in [0.05, 0.1) is 11.5 Å². The fourth-order valence-corrected chi connectivity index (χ4v) is 1.67. The average molecular weight is 286 g/mol. The normalized spacial score (nSPS) is 10.0. The lowest BCUT2D eigenvalue weighted by Gasteiger charge is -2.03. The van der Waals surface area contributed by atoms with Gasteiger partial charge in [-0.05, 0) is 13.0 Å². The van der Waals surface area contributed by atoms with Gasteiger partial charge in [0, 0.05) is 23.1 Å². The topological polar surface area (TPSA) is 86.5 Å². The number of halogens is 1. The van der Waals surface area contributed by atoms with Crippen LogP contribution in [0.25, 0.3) is 0 Å². The zero-order valence-electron chi connectivity index (χ0n) is 10.2.